The summed E-state index contributed by atoms with van der Waals surface area (Å²) in [6.07, 6.45) is 1.60. The number of carbonyl (C=O) groups is 1. The summed E-state index contributed by atoms with van der Waals surface area (Å²) in [5, 5.41) is 11.5. The second-order valence-corrected chi connectivity index (χ2v) is 4.69. The lowest BCUT2D eigenvalue weighted by Crippen LogP contribution is -2.34. The van der Waals surface area contributed by atoms with Crippen LogP contribution < -0.4 is 5.32 Å². The average molecular weight is 248 g/mol. The minimum atomic E-state index is -0.358. The van der Waals surface area contributed by atoms with Crippen LogP contribution >= 0.6 is 11.8 Å². The standard InChI is InChI=1S/C13H16N2OS/c1-2-6-11(9-14)15-13(16)10-17-12-7-4-3-5-8-12/h3-5,7-8,11H,2,6,10H2,1H3,(H,15,16). The molecule has 1 unspecified atom stereocenters. The van der Waals surface area contributed by atoms with Crippen LogP contribution in [0.3, 0.4) is 0 Å². The van der Waals surface area contributed by atoms with E-state index in [1.54, 1.807) is 0 Å². The number of amides is 1. The van der Waals surface area contributed by atoms with Gasteiger partial charge in [-0.15, -0.1) is 11.8 Å². The maximum absolute atomic E-state index is 11.6. The van der Waals surface area contributed by atoms with Gasteiger partial charge in [-0.05, 0) is 18.6 Å². The third kappa shape index (κ3) is 5.41. The normalized spacial score (nSPS) is 11.5. The molecular weight excluding hydrogens is 232 g/mol. The number of benzene rings is 1. The van der Waals surface area contributed by atoms with Crippen molar-refractivity contribution in [2.45, 2.75) is 30.7 Å². The predicted octanol–water partition coefficient (Wildman–Crippen LogP) is 2.59. The minimum absolute atomic E-state index is 0.0844. The third-order valence-corrected chi connectivity index (χ3v) is 3.19. The summed E-state index contributed by atoms with van der Waals surface area (Å²) in [5.74, 6) is 0.269. The summed E-state index contributed by atoms with van der Waals surface area (Å²) in [7, 11) is 0. The molecule has 1 amide bonds. The maximum Gasteiger partial charge on any atom is 0.231 e. The Morgan fingerprint density at radius 3 is 2.76 bits per heavy atom. The van der Waals surface area contributed by atoms with Gasteiger partial charge in [-0.3, -0.25) is 4.79 Å². The quantitative estimate of drug-likeness (QED) is 0.787. The first-order chi connectivity index (χ1) is 8.26. The summed E-state index contributed by atoms with van der Waals surface area (Å²) >= 11 is 1.48. The fourth-order valence-corrected chi connectivity index (χ4v) is 2.09. The van der Waals surface area contributed by atoms with Gasteiger partial charge in [0.15, 0.2) is 0 Å². The minimum Gasteiger partial charge on any atom is -0.340 e. The van der Waals surface area contributed by atoms with Crippen molar-refractivity contribution < 1.29 is 4.79 Å². The fraction of sp³-hybridized carbons (Fsp3) is 0.385. The molecule has 0 bridgehead atoms. The lowest BCUT2D eigenvalue weighted by Gasteiger charge is -2.09. The van der Waals surface area contributed by atoms with E-state index in [4.69, 9.17) is 5.26 Å². The molecule has 0 saturated carbocycles. The molecular formula is C13H16N2OS. The number of thioether (sulfide) groups is 1. The van der Waals surface area contributed by atoms with Crippen molar-refractivity contribution in [3.8, 4) is 6.07 Å². The van der Waals surface area contributed by atoms with Crippen LogP contribution in [0.2, 0.25) is 0 Å². The van der Waals surface area contributed by atoms with Crippen LogP contribution in [-0.2, 0) is 4.79 Å². The molecule has 17 heavy (non-hydrogen) atoms. The largest absolute Gasteiger partial charge is 0.340 e. The van der Waals surface area contributed by atoms with Crippen molar-refractivity contribution in [2.24, 2.45) is 0 Å². The first-order valence-electron chi connectivity index (χ1n) is 5.63. The summed E-state index contributed by atoms with van der Waals surface area (Å²) in [6.45, 7) is 2.00. The van der Waals surface area contributed by atoms with Gasteiger partial charge in [0.2, 0.25) is 5.91 Å². The number of hydrogen-bond donors (Lipinski definition) is 1. The number of nitriles is 1. The van der Waals surface area contributed by atoms with E-state index < -0.39 is 0 Å². The van der Waals surface area contributed by atoms with E-state index in [1.807, 2.05) is 37.3 Å². The van der Waals surface area contributed by atoms with Crippen molar-refractivity contribution in [1.82, 2.24) is 5.32 Å². The lowest BCUT2D eigenvalue weighted by atomic mass is 10.2. The van der Waals surface area contributed by atoms with Crippen molar-refractivity contribution >= 4 is 17.7 Å². The molecule has 1 aromatic rings. The monoisotopic (exact) mass is 248 g/mol. The highest BCUT2D eigenvalue weighted by molar-refractivity contribution is 8.00. The molecule has 0 fully saturated rings. The number of hydrogen-bond acceptors (Lipinski definition) is 3. The third-order valence-electron chi connectivity index (χ3n) is 2.18. The zero-order chi connectivity index (χ0) is 12.5. The second kappa shape index (κ2) is 7.75. The summed E-state index contributed by atoms with van der Waals surface area (Å²) in [5.41, 5.74) is 0. The van der Waals surface area contributed by atoms with Gasteiger partial charge in [-0.1, -0.05) is 31.5 Å². The Labute approximate surface area is 106 Å². The molecule has 0 spiro atoms. The maximum atomic E-state index is 11.6. The van der Waals surface area contributed by atoms with Crippen LogP contribution in [0.25, 0.3) is 0 Å². The Bertz CT molecular complexity index is 386. The molecule has 0 radical (unpaired) electrons. The zero-order valence-electron chi connectivity index (χ0n) is 9.85. The topological polar surface area (TPSA) is 52.9 Å². The van der Waals surface area contributed by atoms with E-state index in [-0.39, 0.29) is 11.9 Å². The molecule has 0 heterocycles. The Morgan fingerprint density at radius 2 is 2.18 bits per heavy atom. The molecule has 0 saturated heterocycles. The lowest BCUT2D eigenvalue weighted by molar-refractivity contribution is -0.118. The Morgan fingerprint density at radius 1 is 1.47 bits per heavy atom. The van der Waals surface area contributed by atoms with Crippen molar-refractivity contribution in [1.29, 1.82) is 5.26 Å². The van der Waals surface area contributed by atoms with Gasteiger partial charge < -0.3 is 5.32 Å². The molecule has 0 aliphatic rings. The van der Waals surface area contributed by atoms with Crippen molar-refractivity contribution in [2.75, 3.05) is 5.75 Å². The molecule has 0 aliphatic carbocycles. The van der Waals surface area contributed by atoms with Crippen LogP contribution in [0.4, 0.5) is 0 Å². The number of carbonyl (C=O) groups excluding carboxylic acids is 1. The van der Waals surface area contributed by atoms with Crippen LogP contribution in [0, 0.1) is 11.3 Å². The van der Waals surface area contributed by atoms with Crippen LogP contribution in [0.5, 0.6) is 0 Å². The Balaban J connectivity index is 2.33. The highest BCUT2D eigenvalue weighted by atomic mass is 32.2. The molecule has 1 atom stereocenters. The van der Waals surface area contributed by atoms with Crippen LogP contribution in [-0.4, -0.2) is 17.7 Å². The number of nitrogens with zero attached hydrogens (tertiary/aromatic N) is 1. The van der Waals surface area contributed by atoms with Gasteiger partial charge in [-0.25, -0.2) is 0 Å². The first-order valence-corrected chi connectivity index (χ1v) is 6.61. The molecule has 3 nitrogen and oxygen atoms in total. The van der Waals surface area contributed by atoms with Gasteiger partial charge in [0.05, 0.1) is 11.8 Å². The van der Waals surface area contributed by atoms with E-state index in [9.17, 15) is 4.79 Å². The van der Waals surface area contributed by atoms with Crippen molar-refractivity contribution in [3.63, 3.8) is 0 Å². The Kier molecular flexibility index (Phi) is 6.19. The number of nitrogens with one attached hydrogen (secondary N) is 1. The van der Waals surface area contributed by atoms with E-state index in [0.717, 1.165) is 11.3 Å². The predicted molar refractivity (Wildman–Crippen MR) is 69.6 cm³/mol. The summed E-state index contributed by atoms with van der Waals surface area (Å²) < 4.78 is 0. The van der Waals surface area contributed by atoms with Gasteiger partial charge in [0, 0.05) is 4.90 Å². The number of rotatable bonds is 6. The fourth-order valence-electron chi connectivity index (χ4n) is 1.36. The molecule has 0 aliphatic heterocycles. The van der Waals surface area contributed by atoms with E-state index in [2.05, 4.69) is 11.4 Å². The van der Waals surface area contributed by atoms with E-state index in [1.165, 1.54) is 11.8 Å². The van der Waals surface area contributed by atoms with Crippen LogP contribution in [0.15, 0.2) is 35.2 Å². The highest BCUT2D eigenvalue weighted by Crippen LogP contribution is 2.16. The SMILES string of the molecule is CCCC(C#N)NC(=O)CSc1ccccc1. The Hall–Kier alpha value is -1.47. The molecule has 1 rings (SSSR count). The molecule has 0 aromatic heterocycles. The smallest absolute Gasteiger partial charge is 0.231 e. The van der Waals surface area contributed by atoms with E-state index >= 15 is 0 Å². The zero-order valence-corrected chi connectivity index (χ0v) is 10.7. The van der Waals surface area contributed by atoms with Gasteiger partial charge in [0.1, 0.15) is 6.04 Å². The highest BCUT2D eigenvalue weighted by Gasteiger charge is 2.10. The first kappa shape index (κ1) is 13.6. The summed E-state index contributed by atoms with van der Waals surface area (Å²) in [6, 6.07) is 11.5. The average Bonchev–Trinajstić information content (AvgIpc) is 2.37. The second-order valence-electron chi connectivity index (χ2n) is 3.64. The van der Waals surface area contributed by atoms with Gasteiger partial charge in [0.25, 0.3) is 0 Å². The van der Waals surface area contributed by atoms with Crippen molar-refractivity contribution in [3.05, 3.63) is 30.3 Å². The molecule has 4 heteroatoms. The summed E-state index contributed by atoms with van der Waals surface area (Å²) in [4.78, 5) is 12.6. The van der Waals surface area contributed by atoms with Crippen LogP contribution in [0.1, 0.15) is 19.8 Å². The van der Waals surface area contributed by atoms with Gasteiger partial charge >= 0.3 is 0 Å². The molecule has 90 valence electrons. The molecule has 1 aromatic carbocycles. The van der Waals surface area contributed by atoms with Gasteiger partial charge in [-0.2, -0.15) is 5.26 Å². The van der Waals surface area contributed by atoms with E-state index in [0.29, 0.717) is 12.2 Å². The molecule has 1 N–H and O–H groups in total.